The van der Waals surface area contributed by atoms with Crippen LogP contribution in [-0.2, 0) is 6.61 Å². The molecule has 3 nitrogen and oxygen atoms in total. The molecule has 0 bridgehead atoms. The van der Waals surface area contributed by atoms with E-state index in [0.717, 1.165) is 0 Å². The van der Waals surface area contributed by atoms with Crippen molar-refractivity contribution in [2.24, 2.45) is 0 Å². The number of aliphatic hydroxyl groups excluding tert-OH is 1. The van der Waals surface area contributed by atoms with Gasteiger partial charge in [-0.3, -0.25) is 0 Å². The van der Waals surface area contributed by atoms with Crippen LogP contribution in [0.1, 0.15) is 5.56 Å². The van der Waals surface area contributed by atoms with Gasteiger partial charge in [0.15, 0.2) is 11.5 Å². The van der Waals surface area contributed by atoms with Gasteiger partial charge in [-0.15, -0.1) is 0 Å². The van der Waals surface area contributed by atoms with Gasteiger partial charge >= 0.3 is 0 Å². The van der Waals surface area contributed by atoms with Crippen LogP contribution in [0.15, 0.2) is 12.1 Å². The second kappa shape index (κ2) is 2.84. The molecule has 0 radical (unpaired) electrons. The number of ether oxygens (including phenoxy) is 2. The first kappa shape index (κ1) is 7.71. The van der Waals surface area contributed by atoms with Crippen LogP contribution in [-0.4, -0.2) is 11.9 Å². The SMILES string of the molecule is OCc1c(Cl)ccc2c1OCO2. The zero-order chi connectivity index (χ0) is 8.55. The third kappa shape index (κ3) is 1.02. The summed E-state index contributed by atoms with van der Waals surface area (Å²) in [5.41, 5.74) is 0.590. The molecule has 0 saturated carbocycles. The van der Waals surface area contributed by atoms with Crippen LogP contribution in [0.25, 0.3) is 0 Å². The van der Waals surface area contributed by atoms with E-state index in [0.29, 0.717) is 22.1 Å². The molecule has 0 atom stereocenters. The largest absolute Gasteiger partial charge is 0.454 e. The van der Waals surface area contributed by atoms with E-state index in [1.54, 1.807) is 12.1 Å². The predicted molar refractivity (Wildman–Crippen MR) is 43.5 cm³/mol. The number of fused-ring (bicyclic) bond motifs is 1. The Hall–Kier alpha value is -0.930. The molecule has 1 aromatic rings. The summed E-state index contributed by atoms with van der Waals surface area (Å²) in [7, 11) is 0. The maximum Gasteiger partial charge on any atom is 0.231 e. The second-order valence-corrected chi connectivity index (χ2v) is 2.83. The molecule has 12 heavy (non-hydrogen) atoms. The van der Waals surface area contributed by atoms with Crippen molar-refractivity contribution >= 4 is 11.6 Å². The summed E-state index contributed by atoms with van der Waals surface area (Å²) in [6.07, 6.45) is 0. The maximum absolute atomic E-state index is 8.96. The van der Waals surface area contributed by atoms with Crippen molar-refractivity contribution in [1.29, 1.82) is 0 Å². The average molecular weight is 187 g/mol. The number of hydrogen-bond acceptors (Lipinski definition) is 3. The summed E-state index contributed by atoms with van der Waals surface area (Å²) in [6, 6.07) is 3.41. The summed E-state index contributed by atoms with van der Waals surface area (Å²) in [6.45, 7) is 0.0635. The minimum atomic E-state index is -0.134. The van der Waals surface area contributed by atoms with E-state index < -0.39 is 0 Å². The molecule has 4 heteroatoms. The van der Waals surface area contributed by atoms with Gasteiger partial charge in [0.2, 0.25) is 6.79 Å². The minimum absolute atomic E-state index is 0.134. The fourth-order valence-corrected chi connectivity index (χ4v) is 1.36. The Morgan fingerprint density at radius 2 is 2.25 bits per heavy atom. The maximum atomic E-state index is 8.96. The first-order valence-corrected chi connectivity index (χ1v) is 3.88. The van der Waals surface area contributed by atoms with Crippen molar-refractivity contribution in [2.45, 2.75) is 6.61 Å². The molecule has 0 aromatic heterocycles. The molecule has 0 aliphatic carbocycles. The van der Waals surface area contributed by atoms with E-state index >= 15 is 0 Å². The van der Waals surface area contributed by atoms with Crippen molar-refractivity contribution in [1.82, 2.24) is 0 Å². The fraction of sp³-hybridized carbons (Fsp3) is 0.250. The second-order valence-electron chi connectivity index (χ2n) is 2.42. The van der Waals surface area contributed by atoms with E-state index in [1.165, 1.54) is 0 Å². The van der Waals surface area contributed by atoms with E-state index in [9.17, 15) is 0 Å². The topological polar surface area (TPSA) is 38.7 Å². The molecule has 0 fully saturated rings. The lowest BCUT2D eigenvalue weighted by molar-refractivity contribution is 0.171. The lowest BCUT2D eigenvalue weighted by Gasteiger charge is -2.03. The molecule has 1 heterocycles. The highest BCUT2D eigenvalue weighted by molar-refractivity contribution is 6.31. The van der Waals surface area contributed by atoms with E-state index in [4.69, 9.17) is 26.2 Å². The molecule has 1 aliphatic heterocycles. The van der Waals surface area contributed by atoms with Crippen LogP contribution in [0.5, 0.6) is 11.5 Å². The Morgan fingerprint density at radius 1 is 1.42 bits per heavy atom. The Bertz CT molecular complexity index is 311. The zero-order valence-electron chi connectivity index (χ0n) is 6.21. The smallest absolute Gasteiger partial charge is 0.231 e. The van der Waals surface area contributed by atoms with Crippen molar-refractivity contribution in [2.75, 3.05) is 6.79 Å². The van der Waals surface area contributed by atoms with Crippen molar-refractivity contribution < 1.29 is 14.6 Å². The normalized spacial score (nSPS) is 13.5. The Kier molecular flexibility index (Phi) is 1.83. The Morgan fingerprint density at radius 3 is 3.00 bits per heavy atom. The highest BCUT2D eigenvalue weighted by atomic mass is 35.5. The van der Waals surface area contributed by atoms with Crippen molar-refractivity contribution in [3.8, 4) is 11.5 Å². The summed E-state index contributed by atoms with van der Waals surface area (Å²) in [4.78, 5) is 0. The highest BCUT2D eigenvalue weighted by Gasteiger charge is 2.19. The molecular formula is C8H7ClO3. The molecule has 0 spiro atoms. The molecule has 1 N–H and O–H groups in total. The van der Waals surface area contributed by atoms with Crippen LogP contribution < -0.4 is 9.47 Å². The van der Waals surface area contributed by atoms with Crippen LogP contribution in [0, 0.1) is 0 Å². The van der Waals surface area contributed by atoms with Crippen LogP contribution in [0.3, 0.4) is 0 Å². The fourth-order valence-electron chi connectivity index (χ4n) is 1.15. The van der Waals surface area contributed by atoms with Crippen LogP contribution in [0.4, 0.5) is 0 Å². The lowest BCUT2D eigenvalue weighted by Crippen LogP contribution is -1.94. The van der Waals surface area contributed by atoms with Gasteiger partial charge in [0.25, 0.3) is 0 Å². The monoisotopic (exact) mass is 186 g/mol. The summed E-state index contributed by atoms with van der Waals surface area (Å²) >= 11 is 5.81. The molecule has 0 amide bonds. The average Bonchev–Trinajstić information content (AvgIpc) is 2.52. The van der Waals surface area contributed by atoms with Gasteiger partial charge in [-0.1, -0.05) is 11.6 Å². The number of halogens is 1. The molecule has 0 saturated heterocycles. The van der Waals surface area contributed by atoms with Crippen LogP contribution >= 0.6 is 11.6 Å². The van der Waals surface area contributed by atoms with Gasteiger partial charge in [-0.2, -0.15) is 0 Å². The molecule has 1 aromatic carbocycles. The number of benzene rings is 1. The molecule has 1 aliphatic rings. The van der Waals surface area contributed by atoms with Gasteiger partial charge in [-0.05, 0) is 12.1 Å². The van der Waals surface area contributed by atoms with Gasteiger partial charge < -0.3 is 14.6 Å². The Labute approximate surface area is 74.5 Å². The number of rotatable bonds is 1. The number of hydrogen-bond donors (Lipinski definition) is 1. The van der Waals surface area contributed by atoms with Gasteiger partial charge in [-0.25, -0.2) is 0 Å². The third-order valence-corrected chi connectivity index (χ3v) is 2.10. The van der Waals surface area contributed by atoms with E-state index in [-0.39, 0.29) is 13.4 Å². The van der Waals surface area contributed by atoms with Gasteiger partial charge in [0, 0.05) is 5.56 Å². The Balaban J connectivity index is 2.57. The van der Waals surface area contributed by atoms with Gasteiger partial charge in [0.1, 0.15) is 0 Å². The van der Waals surface area contributed by atoms with Crippen molar-refractivity contribution in [3.63, 3.8) is 0 Å². The summed E-state index contributed by atoms with van der Waals surface area (Å²) in [5.74, 6) is 1.20. The standard InChI is InChI=1S/C8H7ClO3/c9-6-1-2-7-8(5(6)3-10)12-4-11-7/h1-2,10H,3-4H2. The quantitative estimate of drug-likeness (QED) is 0.724. The van der Waals surface area contributed by atoms with Crippen LogP contribution in [0.2, 0.25) is 5.02 Å². The zero-order valence-corrected chi connectivity index (χ0v) is 6.97. The summed E-state index contributed by atoms with van der Waals surface area (Å²) in [5, 5.41) is 9.46. The van der Waals surface area contributed by atoms with E-state index in [2.05, 4.69) is 0 Å². The highest BCUT2D eigenvalue weighted by Crippen LogP contribution is 2.39. The number of aliphatic hydroxyl groups is 1. The van der Waals surface area contributed by atoms with Gasteiger partial charge in [0.05, 0.1) is 11.6 Å². The first-order valence-electron chi connectivity index (χ1n) is 3.51. The van der Waals surface area contributed by atoms with E-state index in [1.807, 2.05) is 0 Å². The minimum Gasteiger partial charge on any atom is -0.454 e. The molecule has 64 valence electrons. The predicted octanol–water partition coefficient (Wildman–Crippen LogP) is 1.56. The first-order chi connectivity index (χ1) is 5.83. The lowest BCUT2D eigenvalue weighted by atomic mass is 10.2. The summed E-state index contributed by atoms with van der Waals surface area (Å²) < 4.78 is 10.2. The van der Waals surface area contributed by atoms with Crippen molar-refractivity contribution in [3.05, 3.63) is 22.7 Å². The third-order valence-electron chi connectivity index (χ3n) is 1.74. The molecular weight excluding hydrogens is 180 g/mol. The molecule has 0 unspecified atom stereocenters. The molecule has 2 rings (SSSR count).